The molecule has 3 amide bonds. The summed E-state index contributed by atoms with van der Waals surface area (Å²) >= 11 is 0. The second-order valence-electron chi connectivity index (χ2n) is 7.07. The summed E-state index contributed by atoms with van der Waals surface area (Å²) in [6.07, 6.45) is 6.47. The molecule has 0 unspecified atom stereocenters. The number of carbonyl (C=O) groups excluding carboxylic acids is 3. The van der Waals surface area contributed by atoms with Gasteiger partial charge >= 0.3 is 11.8 Å². The molecule has 0 aliphatic heterocycles. The normalized spacial score (nSPS) is 14.3. The zero-order valence-electron chi connectivity index (χ0n) is 16.4. The number of para-hydroxylation sites is 2. The third-order valence-corrected chi connectivity index (χ3v) is 4.87. The molecule has 30 heavy (non-hydrogen) atoms. The second-order valence-corrected chi connectivity index (χ2v) is 7.07. The SMILES string of the molecule is O=C(N/N=C\c1ccccc1O)C(=O)Nc1ccccc1C(=O)NC1CCCCC1. The molecule has 1 aliphatic carbocycles. The predicted octanol–water partition coefficient (Wildman–Crippen LogP) is 2.54. The minimum atomic E-state index is -0.996. The van der Waals surface area contributed by atoms with Crippen molar-refractivity contribution in [3.63, 3.8) is 0 Å². The Morgan fingerprint density at radius 2 is 1.63 bits per heavy atom. The Morgan fingerprint density at radius 1 is 0.933 bits per heavy atom. The molecule has 0 spiro atoms. The average molecular weight is 408 g/mol. The van der Waals surface area contributed by atoms with Crippen molar-refractivity contribution in [3.05, 3.63) is 59.7 Å². The van der Waals surface area contributed by atoms with E-state index in [4.69, 9.17) is 0 Å². The number of phenolic OH excluding ortho intramolecular Hbond substituents is 1. The van der Waals surface area contributed by atoms with Crippen molar-refractivity contribution in [2.75, 3.05) is 5.32 Å². The molecule has 0 atom stereocenters. The van der Waals surface area contributed by atoms with Crippen LogP contribution in [0.3, 0.4) is 0 Å². The van der Waals surface area contributed by atoms with Gasteiger partial charge in [-0.2, -0.15) is 5.10 Å². The van der Waals surface area contributed by atoms with Crippen molar-refractivity contribution < 1.29 is 19.5 Å². The quantitative estimate of drug-likeness (QED) is 0.345. The van der Waals surface area contributed by atoms with Crippen molar-refractivity contribution in [2.45, 2.75) is 38.1 Å². The van der Waals surface area contributed by atoms with Crippen LogP contribution in [0.2, 0.25) is 0 Å². The molecule has 1 aliphatic rings. The molecular formula is C22H24N4O4. The van der Waals surface area contributed by atoms with Gasteiger partial charge in [0.15, 0.2) is 0 Å². The van der Waals surface area contributed by atoms with Crippen molar-refractivity contribution >= 4 is 29.6 Å². The molecule has 8 heteroatoms. The van der Waals surface area contributed by atoms with E-state index in [0.29, 0.717) is 11.1 Å². The third-order valence-electron chi connectivity index (χ3n) is 4.87. The highest BCUT2D eigenvalue weighted by Crippen LogP contribution is 2.20. The van der Waals surface area contributed by atoms with Crippen LogP contribution in [-0.4, -0.2) is 35.1 Å². The van der Waals surface area contributed by atoms with Crippen LogP contribution in [0.1, 0.15) is 48.0 Å². The number of hydrogen-bond donors (Lipinski definition) is 4. The Hall–Kier alpha value is -3.68. The first-order valence-corrected chi connectivity index (χ1v) is 9.87. The molecule has 1 saturated carbocycles. The summed E-state index contributed by atoms with van der Waals surface area (Å²) in [4.78, 5) is 36.9. The predicted molar refractivity (Wildman–Crippen MR) is 113 cm³/mol. The number of aromatic hydroxyl groups is 1. The number of anilines is 1. The molecule has 0 radical (unpaired) electrons. The van der Waals surface area contributed by atoms with Crippen molar-refractivity contribution in [1.82, 2.24) is 10.7 Å². The first-order valence-electron chi connectivity index (χ1n) is 9.87. The number of nitrogens with zero attached hydrogens (tertiary/aromatic N) is 1. The van der Waals surface area contributed by atoms with Gasteiger partial charge in [0, 0.05) is 11.6 Å². The first kappa shape index (κ1) is 21.0. The lowest BCUT2D eigenvalue weighted by molar-refractivity contribution is -0.136. The Balaban J connectivity index is 1.60. The summed E-state index contributed by atoms with van der Waals surface area (Å²) in [6.45, 7) is 0. The molecule has 8 nitrogen and oxygen atoms in total. The highest BCUT2D eigenvalue weighted by Gasteiger charge is 2.20. The molecule has 1 fully saturated rings. The molecule has 0 aromatic heterocycles. The summed E-state index contributed by atoms with van der Waals surface area (Å²) in [5.41, 5.74) is 3.03. The van der Waals surface area contributed by atoms with Gasteiger partial charge in [-0.15, -0.1) is 0 Å². The zero-order chi connectivity index (χ0) is 21.3. The van der Waals surface area contributed by atoms with Gasteiger partial charge < -0.3 is 15.7 Å². The number of nitrogens with one attached hydrogen (secondary N) is 3. The Labute approximate surface area is 174 Å². The lowest BCUT2D eigenvalue weighted by atomic mass is 9.95. The summed E-state index contributed by atoms with van der Waals surface area (Å²) in [5, 5.41) is 18.8. The summed E-state index contributed by atoms with van der Waals surface area (Å²) < 4.78 is 0. The highest BCUT2D eigenvalue weighted by atomic mass is 16.3. The van der Waals surface area contributed by atoms with Crippen LogP contribution in [0, 0.1) is 0 Å². The Morgan fingerprint density at radius 3 is 2.40 bits per heavy atom. The number of rotatable bonds is 5. The van der Waals surface area contributed by atoms with E-state index in [2.05, 4.69) is 21.2 Å². The number of phenols is 1. The van der Waals surface area contributed by atoms with E-state index in [-0.39, 0.29) is 23.4 Å². The Bertz CT molecular complexity index is 952. The van der Waals surface area contributed by atoms with E-state index in [1.807, 2.05) is 0 Å². The summed E-state index contributed by atoms with van der Waals surface area (Å²) in [5.74, 6) is -2.24. The van der Waals surface area contributed by atoms with Crippen molar-refractivity contribution in [1.29, 1.82) is 0 Å². The maximum Gasteiger partial charge on any atom is 0.329 e. The number of carbonyl (C=O) groups is 3. The second kappa shape index (κ2) is 10.2. The van der Waals surface area contributed by atoms with Crippen LogP contribution in [-0.2, 0) is 9.59 Å². The van der Waals surface area contributed by atoms with Gasteiger partial charge in [0.05, 0.1) is 17.5 Å². The van der Waals surface area contributed by atoms with E-state index in [0.717, 1.165) is 25.7 Å². The lowest BCUT2D eigenvalue weighted by Gasteiger charge is -2.23. The number of hydrazone groups is 1. The molecule has 3 rings (SSSR count). The number of benzene rings is 2. The topological polar surface area (TPSA) is 120 Å². The van der Waals surface area contributed by atoms with Crippen LogP contribution < -0.4 is 16.1 Å². The number of hydrogen-bond acceptors (Lipinski definition) is 5. The molecule has 2 aromatic rings. The molecule has 0 saturated heterocycles. The maximum absolute atomic E-state index is 12.6. The molecule has 0 heterocycles. The molecule has 2 aromatic carbocycles. The van der Waals surface area contributed by atoms with Gasteiger partial charge in [-0.1, -0.05) is 43.5 Å². The fraction of sp³-hybridized carbons (Fsp3) is 0.273. The fourth-order valence-corrected chi connectivity index (χ4v) is 3.29. The summed E-state index contributed by atoms with van der Waals surface area (Å²) in [6, 6.07) is 13.1. The van der Waals surface area contributed by atoms with Crippen LogP contribution in [0.15, 0.2) is 53.6 Å². The van der Waals surface area contributed by atoms with E-state index in [9.17, 15) is 19.5 Å². The van der Waals surface area contributed by atoms with E-state index < -0.39 is 11.8 Å². The van der Waals surface area contributed by atoms with Crippen LogP contribution in [0.4, 0.5) is 5.69 Å². The smallest absolute Gasteiger partial charge is 0.329 e. The monoisotopic (exact) mass is 408 g/mol. The lowest BCUT2D eigenvalue weighted by Crippen LogP contribution is -2.37. The zero-order valence-corrected chi connectivity index (χ0v) is 16.4. The Kier molecular flexibility index (Phi) is 7.15. The van der Waals surface area contributed by atoms with Crippen molar-refractivity contribution in [2.24, 2.45) is 5.10 Å². The van der Waals surface area contributed by atoms with Crippen LogP contribution in [0.5, 0.6) is 5.75 Å². The van der Waals surface area contributed by atoms with Gasteiger partial charge in [0.2, 0.25) is 0 Å². The van der Waals surface area contributed by atoms with Gasteiger partial charge in [0.1, 0.15) is 5.75 Å². The standard InChI is InChI=1S/C22H24N4O4/c27-19-13-7-4-8-15(19)14-23-26-22(30)21(29)25-18-12-6-5-11-17(18)20(28)24-16-9-2-1-3-10-16/h4-8,11-14,16,27H,1-3,9-10H2,(H,24,28)(H,25,29)(H,26,30)/b23-14-. The minimum absolute atomic E-state index is 0.00199. The van der Waals surface area contributed by atoms with Gasteiger partial charge in [-0.25, -0.2) is 5.43 Å². The highest BCUT2D eigenvalue weighted by molar-refractivity contribution is 6.40. The van der Waals surface area contributed by atoms with Crippen LogP contribution >= 0.6 is 0 Å². The fourth-order valence-electron chi connectivity index (χ4n) is 3.29. The van der Waals surface area contributed by atoms with Crippen LogP contribution in [0.25, 0.3) is 0 Å². The molecule has 156 valence electrons. The van der Waals surface area contributed by atoms with Gasteiger partial charge in [0.25, 0.3) is 5.91 Å². The van der Waals surface area contributed by atoms with E-state index in [1.165, 1.54) is 18.7 Å². The minimum Gasteiger partial charge on any atom is -0.507 e. The maximum atomic E-state index is 12.6. The third kappa shape index (κ3) is 5.66. The van der Waals surface area contributed by atoms with Crippen molar-refractivity contribution in [3.8, 4) is 5.75 Å². The first-order chi connectivity index (χ1) is 14.5. The van der Waals surface area contributed by atoms with E-state index >= 15 is 0 Å². The largest absolute Gasteiger partial charge is 0.507 e. The molecule has 0 bridgehead atoms. The van der Waals surface area contributed by atoms with E-state index in [1.54, 1.807) is 42.5 Å². The summed E-state index contributed by atoms with van der Waals surface area (Å²) in [7, 11) is 0. The van der Waals surface area contributed by atoms with Gasteiger partial charge in [-0.3, -0.25) is 14.4 Å². The molecular weight excluding hydrogens is 384 g/mol. The average Bonchev–Trinajstić information content (AvgIpc) is 2.76. The molecule has 4 N–H and O–H groups in total. The van der Waals surface area contributed by atoms with Gasteiger partial charge in [-0.05, 0) is 37.1 Å². The number of amides is 3.